The minimum atomic E-state index is -1.07. The fourth-order valence-electron chi connectivity index (χ4n) is 5.24. The van der Waals surface area contributed by atoms with Crippen LogP contribution < -0.4 is 19.1 Å². The van der Waals surface area contributed by atoms with Gasteiger partial charge in [0.05, 0.1) is 37.1 Å². The Morgan fingerprint density at radius 1 is 1.09 bits per heavy atom. The third kappa shape index (κ3) is 5.69. The topological polar surface area (TPSA) is 124 Å². The number of carbonyl (C=O) groups excluding carboxylic acids is 3. The number of esters is 1. The minimum absolute atomic E-state index is 0.00913. The SMILES string of the molecule is CCCOc1ccc(C2/C(=C(\O)c3ccc4c(c3)CC(C)O4)C(=O)C(=O)N2c2nc(C)c(C(=O)OCC)s2)cc1OCC. The zero-order chi connectivity index (χ0) is 30.8. The molecular weight excluding hydrogens is 572 g/mol. The van der Waals surface area contributed by atoms with Crippen molar-refractivity contribution in [1.29, 1.82) is 0 Å². The standard InChI is InChI=1S/C32H34N2O8S/c1-6-13-41-23-12-9-19(16-24(23)39-7-2)26-25(27(35)20-10-11-22-21(15-20)14-17(4)42-22)28(36)30(37)34(26)32-33-18(5)29(43-32)31(38)40-8-3/h9-12,15-17,26,35H,6-8,13-14H2,1-5H3/b27-25+. The molecule has 3 heterocycles. The number of anilines is 1. The highest BCUT2D eigenvalue weighted by molar-refractivity contribution is 7.17. The second-order valence-electron chi connectivity index (χ2n) is 10.2. The number of nitrogens with zero attached hydrogens (tertiary/aromatic N) is 2. The van der Waals surface area contributed by atoms with Crippen LogP contribution in [0.4, 0.5) is 5.13 Å². The van der Waals surface area contributed by atoms with Gasteiger partial charge in [0.15, 0.2) is 16.6 Å². The smallest absolute Gasteiger partial charge is 0.350 e. The Labute approximate surface area is 253 Å². The van der Waals surface area contributed by atoms with Crippen LogP contribution in [-0.2, 0) is 20.7 Å². The van der Waals surface area contributed by atoms with Gasteiger partial charge in [0.2, 0.25) is 0 Å². The molecule has 1 aromatic heterocycles. The molecule has 226 valence electrons. The van der Waals surface area contributed by atoms with Crippen molar-refractivity contribution < 1.29 is 38.4 Å². The van der Waals surface area contributed by atoms with E-state index in [-0.39, 0.29) is 34.1 Å². The average molecular weight is 607 g/mol. The summed E-state index contributed by atoms with van der Waals surface area (Å²) >= 11 is 0.954. The highest BCUT2D eigenvalue weighted by Gasteiger charge is 2.49. The van der Waals surface area contributed by atoms with Gasteiger partial charge < -0.3 is 24.1 Å². The van der Waals surface area contributed by atoms with Crippen molar-refractivity contribution in [2.45, 2.75) is 59.6 Å². The van der Waals surface area contributed by atoms with Gasteiger partial charge in [-0.25, -0.2) is 9.78 Å². The number of ether oxygens (including phenoxy) is 4. The molecule has 0 bridgehead atoms. The lowest BCUT2D eigenvalue weighted by Crippen LogP contribution is -2.29. The molecule has 1 saturated heterocycles. The largest absolute Gasteiger partial charge is 0.507 e. The van der Waals surface area contributed by atoms with Gasteiger partial charge in [-0.1, -0.05) is 24.3 Å². The van der Waals surface area contributed by atoms with E-state index in [0.717, 1.165) is 29.1 Å². The Morgan fingerprint density at radius 3 is 2.60 bits per heavy atom. The second kappa shape index (κ2) is 12.5. The van der Waals surface area contributed by atoms with E-state index in [9.17, 15) is 19.5 Å². The molecule has 2 unspecified atom stereocenters. The summed E-state index contributed by atoms with van der Waals surface area (Å²) in [4.78, 5) is 46.0. The number of aromatic nitrogens is 1. The van der Waals surface area contributed by atoms with Gasteiger partial charge >= 0.3 is 11.9 Å². The number of fused-ring (bicyclic) bond motifs is 1. The summed E-state index contributed by atoms with van der Waals surface area (Å²) in [6.07, 6.45) is 1.44. The Balaban J connectivity index is 1.68. The summed E-state index contributed by atoms with van der Waals surface area (Å²) in [6.45, 7) is 10.1. The summed E-state index contributed by atoms with van der Waals surface area (Å²) in [5, 5.41) is 11.8. The van der Waals surface area contributed by atoms with Crippen LogP contribution in [-0.4, -0.2) is 53.7 Å². The number of Topliss-reactive ketones (excluding diaryl/α,β-unsaturated/α-hetero) is 1. The molecule has 0 saturated carbocycles. The number of rotatable bonds is 10. The monoisotopic (exact) mass is 606 g/mol. The van der Waals surface area contributed by atoms with Crippen molar-refractivity contribution in [3.63, 3.8) is 0 Å². The zero-order valence-corrected chi connectivity index (χ0v) is 25.6. The molecule has 1 fully saturated rings. The number of ketones is 1. The lowest BCUT2D eigenvalue weighted by molar-refractivity contribution is -0.132. The first kappa shape index (κ1) is 30.1. The quantitative estimate of drug-likeness (QED) is 0.133. The fraction of sp³-hybridized carbons (Fsp3) is 0.375. The summed E-state index contributed by atoms with van der Waals surface area (Å²) < 4.78 is 22.7. The van der Waals surface area contributed by atoms with E-state index in [2.05, 4.69) is 4.98 Å². The molecule has 1 amide bonds. The lowest BCUT2D eigenvalue weighted by Gasteiger charge is -2.24. The van der Waals surface area contributed by atoms with E-state index in [1.54, 1.807) is 50.2 Å². The normalized spacial score (nSPS) is 18.9. The van der Waals surface area contributed by atoms with Gasteiger partial charge in [-0.3, -0.25) is 14.5 Å². The van der Waals surface area contributed by atoms with Gasteiger partial charge in [-0.05, 0) is 75.6 Å². The number of benzene rings is 2. The Morgan fingerprint density at radius 2 is 1.88 bits per heavy atom. The molecular formula is C32H34N2O8S. The summed E-state index contributed by atoms with van der Waals surface area (Å²) in [5.74, 6) is -0.966. The maximum absolute atomic E-state index is 13.7. The maximum Gasteiger partial charge on any atom is 0.350 e. The minimum Gasteiger partial charge on any atom is -0.507 e. The highest BCUT2D eigenvalue weighted by atomic mass is 32.1. The molecule has 2 aliphatic heterocycles. The van der Waals surface area contributed by atoms with E-state index in [1.807, 2.05) is 20.8 Å². The van der Waals surface area contributed by atoms with Crippen LogP contribution in [0, 0.1) is 6.92 Å². The van der Waals surface area contributed by atoms with E-state index in [0.29, 0.717) is 48.0 Å². The van der Waals surface area contributed by atoms with Gasteiger partial charge in [0.1, 0.15) is 22.5 Å². The highest BCUT2D eigenvalue weighted by Crippen LogP contribution is 2.46. The molecule has 1 N–H and O–H groups in total. The molecule has 2 aromatic carbocycles. The van der Waals surface area contributed by atoms with Crippen molar-refractivity contribution in [2.24, 2.45) is 0 Å². The molecule has 3 aromatic rings. The second-order valence-corrected chi connectivity index (χ2v) is 11.2. The van der Waals surface area contributed by atoms with E-state index in [4.69, 9.17) is 18.9 Å². The molecule has 0 radical (unpaired) electrons. The van der Waals surface area contributed by atoms with E-state index >= 15 is 0 Å². The summed E-state index contributed by atoms with van der Waals surface area (Å²) in [6, 6.07) is 9.28. The Hall–Kier alpha value is -4.38. The van der Waals surface area contributed by atoms with Crippen molar-refractivity contribution in [3.05, 3.63) is 69.2 Å². The average Bonchev–Trinajstić information content (AvgIpc) is 3.63. The van der Waals surface area contributed by atoms with Crippen LogP contribution in [0.5, 0.6) is 17.2 Å². The van der Waals surface area contributed by atoms with Crippen LogP contribution in [0.25, 0.3) is 5.76 Å². The molecule has 2 atom stereocenters. The van der Waals surface area contributed by atoms with Gasteiger partial charge in [0.25, 0.3) is 5.78 Å². The molecule has 11 heteroatoms. The van der Waals surface area contributed by atoms with Crippen LogP contribution in [0.1, 0.15) is 72.2 Å². The van der Waals surface area contributed by atoms with Crippen molar-refractivity contribution in [2.75, 3.05) is 24.7 Å². The van der Waals surface area contributed by atoms with Crippen molar-refractivity contribution in [1.82, 2.24) is 4.98 Å². The van der Waals surface area contributed by atoms with Crippen molar-refractivity contribution >= 4 is 39.9 Å². The number of hydrogen-bond donors (Lipinski definition) is 1. The number of amides is 1. The first-order valence-corrected chi connectivity index (χ1v) is 15.1. The first-order valence-electron chi connectivity index (χ1n) is 14.3. The number of aliphatic hydroxyl groups is 1. The molecule has 0 aliphatic carbocycles. The molecule has 0 spiro atoms. The predicted octanol–water partition coefficient (Wildman–Crippen LogP) is 5.77. The van der Waals surface area contributed by atoms with Crippen LogP contribution in [0.2, 0.25) is 0 Å². The van der Waals surface area contributed by atoms with Crippen LogP contribution in [0.3, 0.4) is 0 Å². The molecule has 5 rings (SSSR count). The number of carbonyl (C=O) groups is 3. The fourth-order valence-corrected chi connectivity index (χ4v) is 6.22. The van der Waals surface area contributed by atoms with Gasteiger partial charge in [0, 0.05) is 12.0 Å². The Bertz CT molecular complexity index is 1610. The summed E-state index contributed by atoms with van der Waals surface area (Å²) in [5.41, 5.74) is 2.04. The predicted molar refractivity (Wildman–Crippen MR) is 161 cm³/mol. The van der Waals surface area contributed by atoms with Crippen molar-refractivity contribution in [3.8, 4) is 17.2 Å². The van der Waals surface area contributed by atoms with E-state index < -0.39 is 23.7 Å². The molecule has 43 heavy (non-hydrogen) atoms. The third-order valence-corrected chi connectivity index (χ3v) is 8.25. The van der Waals surface area contributed by atoms with Crippen LogP contribution in [0.15, 0.2) is 42.0 Å². The number of aryl methyl sites for hydroxylation is 1. The molecule has 2 aliphatic rings. The number of thiazole rings is 1. The zero-order valence-electron chi connectivity index (χ0n) is 24.8. The van der Waals surface area contributed by atoms with Gasteiger partial charge in [-0.15, -0.1) is 0 Å². The lowest BCUT2D eigenvalue weighted by atomic mass is 9.94. The first-order chi connectivity index (χ1) is 20.7. The van der Waals surface area contributed by atoms with E-state index in [1.165, 1.54) is 4.90 Å². The van der Waals surface area contributed by atoms with Gasteiger partial charge in [-0.2, -0.15) is 0 Å². The summed E-state index contributed by atoms with van der Waals surface area (Å²) in [7, 11) is 0. The maximum atomic E-state index is 13.7. The Kier molecular flexibility index (Phi) is 8.72. The number of aliphatic hydroxyl groups excluding tert-OH is 1. The number of hydrogen-bond acceptors (Lipinski definition) is 10. The molecule has 10 nitrogen and oxygen atoms in total. The third-order valence-electron chi connectivity index (χ3n) is 7.11. The van der Waals surface area contributed by atoms with Crippen LogP contribution >= 0.6 is 11.3 Å².